The molecule has 0 aliphatic rings. The van der Waals surface area contributed by atoms with Crippen molar-refractivity contribution in [3.05, 3.63) is 47.8 Å². The van der Waals surface area contributed by atoms with Crippen LogP contribution in [0.15, 0.2) is 36.5 Å². The van der Waals surface area contributed by atoms with Crippen molar-refractivity contribution in [2.75, 3.05) is 0 Å². The molecule has 1 unspecified atom stereocenters. The second-order valence-corrected chi connectivity index (χ2v) is 4.03. The maximum absolute atomic E-state index is 10.1. The Labute approximate surface area is 94.5 Å². The standard InChI is InChI=1S/C12H15N3O/c1-9(2)15-8-11(13-14-15)12(16)10-6-4-3-5-7-10/h3-9,12,16H,1-2H3. The number of aliphatic hydroxyl groups is 1. The third-order valence-electron chi connectivity index (χ3n) is 2.45. The van der Waals surface area contributed by atoms with Crippen LogP contribution in [0.5, 0.6) is 0 Å². The first-order valence-electron chi connectivity index (χ1n) is 5.33. The van der Waals surface area contributed by atoms with Crippen LogP contribution in [-0.4, -0.2) is 20.1 Å². The Bertz CT molecular complexity index is 450. The quantitative estimate of drug-likeness (QED) is 0.854. The molecule has 2 rings (SSSR count). The van der Waals surface area contributed by atoms with Gasteiger partial charge in [0.25, 0.3) is 0 Å². The lowest BCUT2D eigenvalue weighted by molar-refractivity contribution is 0.215. The summed E-state index contributed by atoms with van der Waals surface area (Å²) < 4.78 is 1.74. The Kier molecular flexibility index (Phi) is 3.01. The normalized spacial score (nSPS) is 13.0. The average molecular weight is 217 g/mol. The van der Waals surface area contributed by atoms with Gasteiger partial charge in [-0.3, -0.25) is 0 Å². The predicted octanol–water partition coefficient (Wildman–Crippen LogP) is 1.94. The minimum absolute atomic E-state index is 0.254. The number of hydrogen-bond acceptors (Lipinski definition) is 3. The Balaban J connectivity index is 2.24. The minimum atomic E-state index is -0.700. The van der Waals surface area contributed by atoms with Gasteiger partial charge in [0.2, 0.25) is 0 Å². The van der Waals surface area contributed by atoms with Crippen molar-refractivity contribution >= 4 is 0 Å². The lowest BCUT2D eigenvalue weighted by Gasteiger charge is -2.06. The second kappa shape index (κ2) is 4.45. The van der Waals surface area contributed by atoms with Gasteiger partial charge < -0.3 is 5.11 Å². The summed E-state index contributed by atoms with van der Waals surface area (Å²) in [6.45, 7) is 4.04. The molecule has 1 atom stereocenters. The molecule has 2 aromatic rings. The second-order valence-electron chi connectivity index (χ2n) is 4.03. The summed E-state index contributed by atoms with van der Waals surface area (Å²) in [4.78, 5) is 0. The molecule has 84 valence electrons. The fourth-order valence-corrected chi connectivity index (χ4v) is 1.47. The maximum Gasteiger partial charge on any atom is 0.124 e. The molecule has 4 heteroatoms. The van der Waals surface area contributed by atoms with E-state index < -0.39 is 6.10 Å². The Morgan fingerprint density at radius 2 is 1.88 bits per heavy atom. The van der Waals surface area contributed by atoms with Crippen molar-refractivity contribution in [1.82, 2.24) is 15.0 Å². The molecule has 0 spiro atoms. The van der Waals surface area contributed by atoms with Gasteiger partial charge >= 0.3 is 0 Å². The molecular formula is C12H15N3O. The minimum Gasteiger partial charge on any atom is -0.382 e. The SMILES string of the molecule is CC(C)n1cc(C(O)c2ccccc2)nn1. The number of aliphatic hydroxyl groups excluding tert-OH is 1. The van der Waals surface area contributed by atoms with Crippen molar-refractivity contribution in [2.45, 2.75) is 26.0 Å². The van der Waals surface area contributed by atoms with E-state index in [2.05, 4.69) is 10.3 Å². The molecule has 0 radical (unpaired) electrons. The predicted molar refractivity (Wildman–Crippen MR) is 60.9 cm³/mol. The Morgan fingerprint density at radius 1 is 1.19 bits per heavy atom. The van der Waals surface area contributed by atoms with Crippen molar-refractivity contribution in [3.8, 4) is 0 Å². The molecule has 4 nitrogen and oxygen atoms in total. The summed E-state index contributed by atoms with van der Waals surface area (Å²) in [6, 6.07) is 9.71. The van der Waals surface area contributed by atoms with E-state index in [9.17, 15) is 5.11 Å². The molecule has 0 saturated carbocycles. The number of aromatic nitrogens is 3. The van der Waals surface area contributed by atoms with E-state index in [1.807, 2.05) is 44.2 Å². The fraction of sp³-hybridized carbons (Fsp3) is 0.333. The van der Waals surface area contributed by atoms with Gasteiger partial charge in [-0.2, -0.15) is 0 Å². The summed E-state index contributed by atoms with van der Waals surface area (Å²) in [7, 11) is 0. The van der Waals surface area contributed by atoms with Crippen LogP contribution in [0.2, 0.25) is 0 Å². The van der Waals surface area contributed by atoms with Gasteiger partial charge in [0.1, 0.15) is 11.8 Å². The fourth-order valence-electron chi connectivity index (χ4n) is 1.47. The molecule has 0 aliphatic carbocycles. The van der Waals surface area contributed by atoms with E-state index in [1.165, 1.54) is 0 Å². The van der Waals surface area contributed by atoms with E-state index in [0.29, 0.717) is 5.69 Å². The van der Waals surface area contributed by atoms with Crippen LogP contribution in [0.25, 0.3) is 0 Å². The molecule has 0 saturated heterocycles. The van der Waals surface area contributed by atoms with Gasteiger partial charge in [-0.05, 0) is 19.4 Å². The van der Waals surface area contributed by atoms with E-state index in [1.54, 1.807) is 10.9 Å². The van der Waals surface area contributed by atoms with Crippen LogP contribution in [0.1, 0.15) is 37.3 Å². The molecule has 16 heavy (non-hydrogen) atoms. The highest BCUT2D eigenvalue weighted by Gasteiger charge is 2.14. The molecule has 1 N–H and O–H groups in total. The molecular weight excluding hydrogens is 202 g/mol. The Hall–Kier alpha value is -1.68. The lowest BCUT2D eigenvalue weighted by Crippen LogP contribution is -2.01. The van der Waals surface area contributed by atoms with E-state index in [-0.39, 0.29) is 6.04 Å². The van der Waals surface area contributed by atoms with Gasteiger partial charge in [0.05, 0.1) is 6.20 Å². The highest BCUT2D eigenvalue weighted by Crippen LogP contribution is 2.19. The molecule has 0 amide bonds. The average Bonchev–Trinajstić information content (AvgIpc) is 2.78. The first kappa shape index (κ1) is 10.8. The van der Waals surface area contributed by atoms with E-state index in [0.717, 1.165) is 5.56 Å². The zero-order chi connectivity index (χ0) is 11.5. The molecule has 0 fully saturated rings. The third-order valence-corrected chi connectivity index (χ3v) is 2.45. The van der Waals surface area contributed by atoms with Crippen LogP contribution in [0.3, 0.4) is 0 Å². The maximum atomic E-state index is 10.1. The molecule has 1 heterocycles. The summed E-state index contributed by atoms with van der Waals surface area (Å²) in [5.41, 5.74) is 1.42. The zero-order valence-electron chi connectivity index (χ0n) is 9.41. The zero-order valence-corrected chi connectivity index (χ0v) is 9.41. The molecule has 0 aliphatic heterocycles. The van der Waals surface area contributed by atoms with Crippen molar-refractivity contribution in [1.29, 1.82) is 0 Å². The summed E-state index contributed by atoms with van der Waals surface area (Å²) in [5.74, 6) is 0. The van der Waals surface area contributed by atoms with Crippen LogP contribution in [0, 0.1) is 0 Å². The molecule has 1 aromatic heterocycles. The molecule has 0 bridgehead atoms. The van der Waals surface area contributed by atoms with Gasteiger partial charge in [0, 0.05) is 6.04 Å². The van der Waals surface area contributed by atoms with Gasteiger partial charge in [-0.1, -0.05) is 35.5 Å². The van der Waals surface area contributed by atoms with E-state index in [4.69, 9.17) is 0 Å². The highest BCUT2D eigenvalue weighted by molar-refractivity contribution is 5.23. The highest BCUT2D eigenvalue weighted by atomic mass is 16.3. The number of hydrogen-bond donors (Lipinski definition) is 1. The van der Waals surface area contributed by atoms with Crippen LogP contribution in [-0.2, 0) is 0 Å². The third kappa shape index (κ3) is 2.12. The van der Waals surface area contributed by atoms with Crippen LogP contribution >= 0.6 is 0 Å². The van der Waals surface area contributed by atoms with Gasteiger partial charge in [0.15, 0.2) is 0 Å². The Morgan fingerprint density at radius 3 is 2.44 bits per heavy atom. The number of benzene rings is 1. The first-order chi connectivity index (χ1) is 7.68. The van der Waals surface area contributed by atoms with Crippen molar-refractivity contribution in [2.24, 2.45) is 0 Å². The number of nitrogens with zero attached hydrogens (tertiary/aromatic N) is 3. The first-order valence-corrected chi connectivity index (χ1v) is 5.33. The molecule has 1 aromatic carbocycles. The van der Waals surface area contributed by atoms with Gasteiger partial charge in [-0.25, -0.2) is 4.68 Å². The summed E-state index contributed by atoms with van der Waals surface area (Å²) >= 11 is 0. The number of rotatable bonds is 3. The largest absolute Gasteiger partial charge is 0.382 e. The van der Waals surface area contributed by atoms with Crippen LogP contribution < -0.4 is 0 Å². The van der Waals surface area contributed by atoms with Crippen LogP contribution in [0.4, 0.5) is 0 Å². The van der Waals surface area contributed by atoms with Crippen molar-refractivity contribution < 1.29 is 5.11 Å². The summed E-state index contributed by atoms with van der Waals surface area (Å²) in [6.07, 6.45) is 1.08. The topological polar surface area (TPSA) is 50.9 Å². The lowest BCUT2D eigenvalue weighted by atomic mass is 10.1. The van der Waals surface area contributed by atoms with Crippen molar-refractivity contribution in [3.63, 3.8) is 0 Å². The van der Waals surface area contributed by atoms with Gasteiger partial charge in [-0.15, -0.1) is 5.10 Å². The smallest absolute Gasteiger partial charge is 0.124 e. The van der Waals surface area contributed by atoms with E-state index >= 15 is 0 Å². The summed E-state index contributed by atoms with van der Waals surface area (Å²) in [5, 5.41) is 18.0. The monoisotopic (exact) mass is 217 g/mol.